The van der Waals surface area contributed by atoms with Crippen molar-refractivity contribution in [2.24, 2.45) is 5.92 Å². The van der Waals surface area contributed by atoms with Crippen LogP contribution in [-0.2, 0) is 4.74 Å². The zero-order valence-corrected chi connectivity index (χ0v) is 11.7. The fourth-order valence-corrected chi connectivity index (χ4v) is 2.59. The van der Waals surface area contributed by atoms with Crippen LogP contribution in [0.15, 0.2) is 12.1 Å². The molecule has 5 nitrogen and oxygen atoms in total. The highest BCUT2D eigenvalue weighted by Crippen LogP contribution is 2.38. The molecule has 1 unspecified atom stereocenters. The van der Waals surface area contributed by atoms with Gasteiger partial charge < -0.3 is 19.5 Å². The molecule has 1 aromatic carbocycles. The van der Waals surface area contributed by atoms with Crippen LogP contribution in [0.1, 0.15) is 16.8 Å². The maximum absolute atomic E-state index is 12.1. The molecule has 0 saturated carbocycles. The van der Waals surface area contributed by atoms with Gasteiger partial charge in [0.25, 0.3) is 5.91 Å². The van der Waals surface area contributed by atoms with Crippen LogP contribution >= 0.6 is 11.6 Å². The summed E-state index contributed by atoms with van der Waals surface area (Å²) in [6.07, 6.45) is 0.988. The first-order chi connectivity index (χ1) is 9.74. The molecule has 0 aromatic heterocycles. The minimum Gasteiger partial charge on any atom is -0.486 e. The van der Waals surface area contributed by atoms with Crippen LogP contribution in [0.5, 0.6) is 11.5 Å². The van der Waals surface area contributed by atoms with Crippen LogP contribution in [0.2, 0.25) is 5.02 Å². The van der Waals surface area contributed by atoms with E-state index in [1.54, 1.807) is 12.1 Å². The summed E-state index contributed by atoms with van der Waals surface area (Å²) in [7, 11) is 0. The first-order valence-electron chi connectivity index (χ1n) is 6.69. The quantitative estimate of drug-likeness (QED) is 0.925. The summed E-state index contributed by atoms with van der Waals surface area (Å²) in [5.41, 5.74) is 0.484. The number of nitrogens with one attached hydrogen (secondary N) is 1. The van der Waals surface area contributed by atoms with E-state index in [1.165, 1.54) is 0 Å². The standard InChI is InChI=1S/C14H16ClNO4/c15-11-5-10(6-12-13(11)20-4-3-19-12)14(17)16-7-9-1-2-18-8-9/h5-6,9H,1-4,7-8H2,(H,16,17). The molecule has 108 valence electrons. The molecule has 1 N–H and O–H groups in total. The van der Waals surface area contributed by atoms with Crippen LogP contribution in [0.25, 0.3) is 0 Å². The van der Waals surface area contributed by atoms with Gasteiger partial charge in [0.15, 0.2) is 11.5 Å². The van der Waals surface area contributed by atoms with Crippen LogP contribution in [0.3, 0.4) is 0 Å². The number of amides is 1. The Labute approximate surface area is 122 Å². The second-order valence-corrected chi connectivity index (χ2v) is 5.33. The number of carbonyl (C=O) groups excluding carboxylic acids is 1. The minimum absolute atomic E-state index is 0.157. The van der Waals surface area contributed by atoms with Crippen molar-refractivity contribution in [1.82, 2.24) is 5.32 Å². The first-order valence-corrected chi connectivity index (χ1v) is 7.07. The summed E-state index contributed by atoms with van der Waals surface area (Å²) in [5, 5.41) is 3.30. The van der Waals surface area contributed by atoms with Gasteiger partial charge >= 0.3 is 0 Å². The molecule has 6 heteroatoms. The second kappa shape index (κ2) is 5.89. The molecule has 20 heavy (non-hydrogen) atoms. The van der Waals surface area contributed by atoms with Gasteiger partial charge in [-0.2, -0.15) is 0 Å². The van der Waals surface area contributed by atoms with E-state index in [4.69, 9.17) is 25.8 Å². The highest BCUT2D eigenvalue weighted by molar-refractivity contribution is 6.32. The lowest BCUT2D eigenvalue weighted by atomic mass is 10.1. The highest BCUT2D eigenvalue weighted by Gasteiger charge is 2.21. The van der Waals surface area contributed by atoms with Gasteiger partial charge in [0, 0.05) is 24.6 Å². The number of hydrogen-bond acceptors (Lipinski definition) is 4. The zero-order chi connectivity index (χ0) is 13.9. The smallest absolute Gasteiger partial charge is 0.251 e. The number of hydrogen-bond donors (Lipinski definition) is 1. The molecule has 1 aromatic rings. The van der Waals surface area contributed by atoms with Crippen molar-refractivity contribution >= 4 is 17.5 Å². The molecule has 0 bridgehead atoms. The van der Waals surface area contributed by atoms with E-state index in [9.17, 15) is 4.79 Å². The molecule has 0 radical (unpaired) electrons. The molecule has 1 saturated heterocycles. The summed E-state index contributed by atoms with van der Waals surface area (Å²) in [6.45, 7) is 3.04. The van der Waals surface area contributed by atoms with Gasteiger partial charge in [-0.25, -0.2) is 0 Å². The van der Waals surface area contributed by atoms with Crippen LogP contribution < -0.4 is 14.8 Å². The third-order valence-corrected chi connectivity index (χ3v) is 3.72. The summed E-state index contributed by atoms with van der Waals surface area (Å²) in [5.74, 6) is 1.28. The first kappa shape index (κ1) is 13.5. The summed E-state index contributed by atoms with van der Waals surface area (Å²) >= 11 is 6.11. The molecule has 1 fully saturated rings. The molecule has 0 aliphatic carbocycles. The van der Waals surface area contributed by atoms with Crippen LogP contribution in [0.4, 0.5) is 0 Å². The fraction of sp³-hybridized carbons (Fsp3) is 0.500. The van der Waals surface area contributed by atoms with E-state index in [0.717, 1.165) is 13.0 Å². The summed E-state index contributed by atoms with van der Waals surface area (Å²) in [6, 6.07) is 3.27. The van der Waals surface area contributed by atoms with E-state index >= 15 is 0 Å². The predicted molar refractivity (Wildman–Crippen MR) is 73.7 cm³/mol. The highest BCUT2D eigenvalue weighted by atomic mass is 35.5. The lowest BCUT2D eigenvalue weighted by Gasteiger charge is -2.20. The van der Waals surface area contributed by atoms with Crippen molar-refractivity contribution in [2.45, 2.75) is 6.42 Å². The average molecular weight is 298 g/mol. The van der Waals surface area contributed by atoms with Gasteiger partial charge in [-0.05, 0) is 18.6 Å². The maximum atomic E-state index is 12.1. The number of ether oxygens (including phenoxy) is 3. The molecule has 2 aliphatic rings. The van der Waals surface area contributed by atoms with E-state index < -0.39 is 0 Å². The Hall–Kier alpha value is -1.46. The molecular weight excluding hydrogens is 282 g/mol. The van der Waals surface area contributed by atoms with Crippen molar-refractivity contribution in [3.05, 3.63) is 22.7 Å². The van der Waals surface area contributed by atoms with Crippen molar-refractivity contribution in [1.29, 1.82) is 0 Å². The van der Waals surface area contributed by atoms with Crippen molar-refractivity contribution in [3.8, 4) is 11.5 Å². The Bertz CT molecular complexity index is 514. The van der Waals surface area contributed by atoms with Gasteiger partial charge in [0.05, 0.1) is 11.6 Å². The van der Waals surface area contributed by atoms with E-state index in [2.05, 4.69) is 5.32 Å². The topological polar surface area (TPSA) is 56.8 Å². The summed E-state index contributed by atoms with van der Waals surface area (Å²) in [4.78, 5) is 12.1. The molecule has 2 aliphatic heterocycles. The Kier molecular flexibility index (Phi) is 3.98. The van der Waals surface area contributed by atoms with Gasteiger partial charge in [0.2, 0.25) is 0 Å². The van der Waals surface area contributed by atoms with Gasteiger partial charge in [-0.15, -0.1) is 0 Å². The lowest BCUT2D eigenvalue weighted by molar-refractivity contribution is 0.0943. The SMILES string of the molecule is O=C(NCC1CCOC1)c1cc(Cl)c2c(c1)OCCO2. The normalized spacial score (nSPS) is 20.8. The number of halogens is 1. The molecule has 2 heterocycles. The van der Waals surface area contributed by atoms with Crippen molar-refractivity contribution in [2.75, 3.05) is 33.0 Å². The number of rotatable bonds is 3. The molecule has 1 atom stereocenters. The van der Waals surface area contributed by atoms with Crippen molar-refractivity contribution < 1.29 is 19.0 Å². The largest absolute Gasteiger partial charge is 0.486 e. The van der Waals surface area contributed by atoms with Crippen molar-refractivity contribution in [3.63, 3.8) is 0 Å². The third-order valence-electron chi connectivity index (χ3n) is 3.43. The Morgan fingerprint density at radius 1 is 1.30 bits per heavy atom. The lowest BCUT2D eigenvalue weighted by Crippen LogP contribution is -2.29. The predicted octanol–water partition coefficient (Wildman–Crippen LogP) is 1.88. The Morgan fingerprint density at radius 3 is 2.95 bits per heavy atom. The van der Waals surface area contributed by atoms with Gasteiger partial charge in [-0.3, -0.25) is 4.79 Å². The molecular formula is C14H16ClNO4. The molecule has 3 rings (SSSR count). The van der Waals surface area contributed by atoms with E-state index in [1.807, 2.05) is 0 Å². The fourth-order valence-electron chi connectivity index (χ4n) is 2.33. The zero-order valence-electron chi connectivity index (χ0n) is 11.0. The maximum Gasteiger partial charge on any atom is 0.251 e. The average Bonchev–Trinajstić information content (AvgIpc) is 2.98. The number of benzene rings is 1. The van der Waals surface area contributed by atoms with Crippen LogP contribution in [0, 0.1) is 5.92 Å². The molecule has 1 amide bonds. The minimum atomic E-state index is -0.157. The summed E-state index contributed by atoms with van der Waals surface area (Å²) < 4.78 is 16.2. The number of carbonyl (C=O) groups is 1. The van der Waals surface area contributed by atoms with Gasteiger partial charge in [0.1, 0.15) is 13.2 Å². The molecule has 0 spiro atoms. The Morgan fingerprint density at radius 2 is 2.15 bits per heavy atom. The number of fused-ring (bicyclic) bond motifs is 1. The monoisotopic (exact) mass is 297 g/mol. The van der Waals surface area contributed by atoms with Gasteiger partial charge in [-0.1, -0.05) is 11.6 Å². The Balaban J connectivity index is 1.69. The van der Waals surface area contributed by atoms with E-state index in [-0.39, 0.29) is 5.91 Å². The van der Waals surface area contributed by atoms with E-state index in [0.29, 0.717) is 54.4 Å². The third kappa shape index (κ3) is 2.83. The second-order valence-electron chi connectivity index (χ2n) is 4.92. The van der Waals surface area contributed by atoms with Crippen LogP contribution in [-0.4, -0.2) is 38.9 Å².